The van der Waals surface area contributed by atoms with E-state index >= 15 is 0 Å². The fraction of sp³-hybridized carbons (Fsp3) is 0.444. The summed E-state index contributed by atoms with van der Waals surface area (Å²) in [5.41, 5.74) is 0.0812. The van der Waals surface area contributed by atoms with Gasteiger partial charge in [-0.3, -0.25) is 4.79 Å². The number of carbonyl (C=O) groups is 2. The normalized spacial score (nSPS) is 13.7. The van der Waals surface area contributed by atoms with E-state index in [1.165, 1.54) is 6.92 Å². The van der Waals surface area contributed by atoms with E-state index in [4.69, 9.17) is 5.11 Å². The standard InChI is InChI=1S/C9H11N3O3/c1-5(13)10-8-7(9(14)15)12-4-2-3-6(12)11-8/h2-4H2,1H3,(H,10,13)(H,14,15). The number of aromatic nitrogens is 2. The van der Waals surface area contributed by atoms with Crippen LogP contribution in [0.25, 0.3) is 0 Å². The summed E-state index contributed by atoms with van der Waals surface area (Å²) < 4.78 is 1.65. The van der Waals surface area contributed by atoms with Crippen LogP contribution in [-0.2, 0) is 17.8 Å². The summed E-state index contributed by atoms with van der Waals surface area (Å²) >= 11 is 0. The van der Waals surface area contributed by atoms with Crippen LogP contribution in [0.4, 0.5) is 5.82 Å². The molecule has 2 rings (SSSR count). The summed E-state index contributed by atoms with van der Waals surface area (Å²) in [4.78, 5) is 26.0. The summed E-state index contributed by atoms with van der Waals surface area (Å²) in [5, 5.41) is 11.5. The molecule has 15 heavy (non-hydrogen) atoms. The van der Waals surface area contributed by atoms with E-state index in [2.05, 4.69) is 10.3 Å². The first kappa shape index (κ1) is 9.70. The van der Waals surface area contributed by atoms with Crippen LogP contribution >= 0.6 is 0 Å². The van der Waals surface area contributed by atoms with Gasteiger partial charge in [-0.15, -0.1) is 0 Å². The summed E-state index contributed by atoms with van der Waals surface area (Å²) in [6.07, 6.45) is 1.67. The molecule has 6 nitrogen and oxygen atoms in total. The van der Waals surface area contributed by atoms with Gasteiger partial charge in [0.2, 0.25) is 5.91 Å². The van der Waals surface area contributed by atoms with E-state index in [1.54, 1.807) is 4.57 Å². The van der Waals surface area contributed by atoms with Gasteiger partial charge in [0, 0.05) is 19.9 Å². The van der Waals surface area contributed by atoms with Crippen LogP contribution in [0.5, 0.6) is 0 Å². The van der Waals surface area contributed by atoms with Crippen LogP contribution in [0.2, 0.25) is 0 Å². The molecule has 1 amide bonds. The number of aromatic carboxylic acids is 1. The molecular weight excluding hydrogens is 198 g/mol. The number of carbonyl (C=O) groups excluding carboxylic acids is 1. The maximum Gasteiger partial charge on any atom is 0.356 e. The highest BCUT2D eigenvalue weighted by Crippen LogP contribution is 2.23. The van der Waals surface area contributed by atoms with Gasteiger partial charge in [0.15, 0.2) is 11.5 Å². The molecule has 1 aromatic rings. The number of amides is 1. The number of carboxylic acid groups (broad SMARTS) is 1. The number of nitrogens with one attached hydrogen (secondary N) is 1. The molecule has 1 aliphatic rings. The molecule has 0 bridgehead atoms. The molecule has 0 saturated carbocycles. The Hall–Kier alpha value is -1.85. The molecule has 0 radical (unpaired) electrons. The van der Waals surface area contributed by atoms with Crippen LogP contribution in [-0.4, -0.2) is 26.5 Å². The predicted octanol–water partition coefficient (Wildman–Crippen LogP) is 0.486. The largest absolute Gasteiger partial charge is 0.476 e. The third-order valence-corrected chi connectivity index (χ3v) is 2.33. The average molecular weight is 209 g/mol. The van der Waals surface area contributed by atoms with Crippen molar-refractivity contribution in [2.45, 2.75) is 26.3 Å². The number of hydrogen-bond acceptors (Lipinski definition) is 3. The van der Waals surface area contributed by atoms with Gasteiger partial charge in [-0.25, -0.2) is 9.78 Å². The topological polar surface area (TPSA) is 84.2 Å². The van der Waals surface area contributed by atoms with E-state index in [9.17, 15) is 9.59 Å². The number of carboxylic acids is 1. The lowest BCUT2D eigenvalue weighted by atomic mass is 10.3. The van der Waals surface area contributed by atoms with Crippen LogP contribution in [0.1, 0.15) is 29.7 Å². The van der Waals surface area contributed by atoms with E-state index in [0.717, 1.165) is 18.7 Å². The van der Waals surface area contributed by atoms with E-state index in [-0.39, 0.29) is 17.4 Å². The highest BCUT2D eigenvalue weighted by atomic mass is 16.4. The monoisotopic (exact) mass is 209 g/mol. The molecule has 0 saturated heterocycles. The van der Waals surface area contributed by atoms with Gasteiger partial charge in [-0.1, -0.05) is 0 Å². The van der Waals surface area contributed by atoms with Crippen molar-refractivity contribution in [3.05, 3.63) is 11.5 Å². The number of imidazole rings is 1. The molecule has 0 aliphatic carbocycles. The minimum atomic E-state index is -1.06. The smallest absolute Gasteiger partial charge is 0.356 e. The second-order valence-corrected chi connectivity index (χ2v) is 3.47. The minimum Gasteiger partial charge on any atom is -0.476 e. The van der Waals surface area contributed by atoms with Crippen molar-refractivity contribution in [2.75, 3.05) is 5.32 Å². The van der Waals surface area contributed by atoms with Crippen LogP contribution in [0.3, 0.4) is 0 Å². The summed E-state index contributed by atoms with van der Waals surface area (Å²) in [7, 11) is 0. The van der Waals surface area contributed by atoms with E-state index in [0.29, 0.717) is 6.54 Å². The molecule has 0 aromatic carbocycles. The molecule has 6 heteroatoms. The first-order valence-electron chi connectivity index (χ1n) is 4.70. The first-order chi connectivity index (χ1) is 7.09. The van der Waals surface area contributed by atoms with Crippen LogP contribution in [0, 0.1) is 0 Å². The molecule has 2 N–H and O–H groups in total. The zero-order chi connectivity index (χ0) is 11.0. The lowest BCUT2D eigenvalue weighted by Crippen LogP contribution is -2.13. The number of hydrogen-bond donors (Lipinski definition) is 2. The van der Waals surface area contributed by atoms with Gasteiger partial charge in [0.25, 0.3) is 0 Å². The molecule has 0 unspecified atom stereocenters. The van der Waals surface area contributed by atoms with Crippen molar-refractivity contribution in [3.63, 3.8) is 0 Å². The highest BCUT2D eigenvalue weighted by Gasteiger charge is 2.25. The first-order valence-corrected chi connectivity index (χ1v) is 4.70. The Morgan fingerprint density at radius 2 is 2.27 bits per heavy atom. The highest BCUT2D eigenvalue weighted by molar-refractivity contribution is 5.97. The molecule has 0 fully saturated rings. The van der Waals surface area contributed by atoms with E-state index < -0.39 is 5.97 Å². The Balaban J connectivity index is 2.46. The molecule has 80 valence electrons. The molecule has 0 atom stereocenters. The second kappa shape index (κ2) is 3.38. The van der Waals surface area contributed by atoms with Gasteiger partial charge in [0.1, 0.15) is 5.82 Å². The van der Waals surface area contributed by atoms with Gasteiger partial charge in [-0.2, -0.15) is 0 Å². The second-order valence-electron chi connectivity index (χ2n) is 3.47. The number of anilines is 1. The number of rotatable bonds is 2. The van der Waals surface area contributed by atoms with Crippen LogP contribution in [0.15, 0.2) is 0 Å². The van der Waals surface area contributed by atoms with Gasteiger partial charge < -0.3 is 15.0 Å². The summed E-state index contributed by atoms with van der Waals surface area (Å²) in [5.74, 6) is -0.477. The Kier molecular flexibility index (Phi) is 2.18. The number of aryl methyl sites for hydroxylation is 1. The number of nitrogens with zero attached hydrogens (tertiary/aromatic N) is 2. The Labute approximate surface area is 85.9 Å². The van der Waals surface area contributed by atoms with Crippen LogP contribution < -0.4 is 5.32 Å². The van der Waals surface area contributed by atoms with E-state index in [1.807, 2.05) is 0 Å². The lowest BCUT2D eigenvalue weighted by molar-refractivity contribution is -0.114. The van der Waals surface area contributed by atoms with Crippen molar-refractivity contribution in [1.82, 2.24) is 9.55 Å². The number of fused-ring (bicyclic) bond motifs is 1. The third-order valence-electron chi connectivity index (χ3n) is 2.33. The SMILES string of the molecule is CC(=O)Nc1nc2n(c1C(=O)O)CCC2. The van der Waals surface area contributed by atoms with Gasteiger partial charge in [-0.05, 0) is 6.42 Å². The minimum absolute atomic E-state index is 0.0812. The zero-order valence-corrected chi connectivity index (χ0v) is 8.28. The average Bonchev–Trinajstić information content (AvgIpc) is 2.60. The fourth-order valence-corrected chi connectivity index (χ4v) is 1.80. The molecule has 2 heterocycles. The summed E-state index contributed by atoms with van der Waals surface area (Å²) in [6, 6.07) is 0. The van der Waals surface area contributed by atoms with Crippen molar-refractivity contribution in [1.29, 1.82) is 0 Å². The third kappa shape index (κ3) is 1.58. The Bertz CT molecular complexity index is 436. The molecule has 1 aliphatic heterocycles. The molecule has 0 spiro atoms. The zero-order valence-electron chi connectivity index (χ0n) is 8.28. The maximum absolute atomic E-state index is 11.0. The van der Waals surface area contributed by atoms with Gasteiger partial charge >= 0.3 is 5.97 Å². The Morgan fingerprint density at radius 3 is 2.87 bits per heavy atom. The summed E-state index contributed by atoms with van der Waals surface area (Å²) in [6.45, 7) is 1.99. The predicted molar refractivity (Wildman–Crippen MR) is 51.8 cm³/mol. The molecule has 1 aromatic heterocycles. The van der Waals surface area contributed by atoms with Gasteiger partial charge in [0.05, 0.1) is 0 Å². The lowest BCUT2D eigenvalue weighted by Gasteiger charge is -2.02. The quantitative estimate of drug-likeness (QED) is 0.742. The molecular formula is C9H11N3O3. The fourth-order valence-electron chi connectivity index (χ4n) is 1.80. The van der Waals surface area contributed by atoms with Crippen molar-refractivity contribution in [2.24, 2.45) is 0 Å². The van der Waals surface area contributed by atoms with Crippen molar-refractivity contribution < 1.29 is 14.7 Å². The van der Waals surface area contributed by atoms with Crippen molar-refractivity contribution >= 4 is 17.7 Å². The van der Waals surface area contributed by atoms with Crippen molar-refractivity contribution in [3.8, 4) is 0 Å². The Morgan fingerprint density at radius 1 is 1.53 bits per heavy atom. The maximum atomic E-state index is 11.0.